The molecule has 1 aromatic rings. The van der Waals surface area contributed by atoms with E-state index in [9.17, 15) is 12.8 Å². The van der Waals surface area contributed by atoms with Crippen LogP contribution >= 0.6 is 0 Å². The molecule has 114 valence electrons. The van der Waals surface area contributed by atoms with Gasteiger partial charge in [0.2, 0.25) is 10.0 Å². The third-order valence-corrected chi connectivity index (χ3v) is 4.26. The Morgan fingerprint density at radius 1 is 1.15 bits per heavy atom. The molecule has 0 saturated heterocycles. The molecule has 0 aliphatic carbocycles. The highest BCUT2D eigenvalue weighted by atomic mass is 32.2. The maximum absolute atomic E-state index is 13.3. The van der Waals surface area contributed by atoms with Crippen molar-refractivity contribution in [2.75, 3.05) is 5.73 Å². The van der Waals surface area contributed by atoms with Gasteiger partial charge in [-0.3, -0.25) is 0 Å². The Hall–Kier alpha value is -1.14. The van der Waals surface area contributed by atoms with Crippen LogP contribution in [0.3, 0.4) is 0 Å². The zero-order chi connectivity index (χ0) is 15.8. The molecule has 3 N–H and O–H groups in total. The molecule has 0 fully saturated rings. The summed E-state index contributed by atoms with van der Waals surface area (Å²) in [5, 5.41) is 0. The number of nitrogens with two attached hydrogens (primary N) is 1. The third kappa shape index (κ3) is 5.09. The van der Waals surface area contributed by atoms with Crippen molar-refractivity contribution in [2.24, 2.45) is 5.41 Å². The van der Waals surface area contributed by atoms with E-state index in [1.54, 1.807) is 13.8 Å². The van der Waals surface area contributed by atoms with Crippen LogP contribution in [0.25, 0.3) is 0 Å². The summed E-state index contributed by atoms with van der Waals surface area (Å²) >= 11 is 0. The second kappa shape index (κ2) is 5.33. The first kappa shape index (κ1) is 16.9. The number of sulfonamides is 1. The minimum absolute atomic E-state index is 0.0347. The molecule has 0 bridgehead atoms. The predicted molar refractivity (Wildman–Crippen MR) is 79.3 cm³/mol. The van der Waals surface area contributed by atoms with E-state index in [2.05, 4.69) is 4.72 Å². The maximum atomic E-state index is 13.3. The summed E-state index contributed by atoms with van der Waals surface area (Å²) in [4.78, 5) is -0.156. The summed E-state index contributed by atoms with van der Waals surface area (Å²) in [5.74, 6) is -0.668. The Morgan fingerprint density at radius 3 is 2.15 bits per heavy atom. The first-order chi connectivity index (χ1) is 8.81. The van der Waals surface area contributed by atoms with Crippen molar-refractivity contribution in [3.8, 4) is 0 Å². The molecular weight excluding hydrogens is 279 g/mol. The summed E-state index contributed by atoms with van der Waals surface area (Å²) in [6, 6.07) is 3.30. The van der Waals surface area contributed by atoms with Gasteiger partial charge >= 0.3 is 0 Å². The van der Waals surface area contributed by atoms with Crippen molar-refractivity contribution in [3.63, 3.8) is 0 Å². The molecule has 20 heavy (non-hydrogen) atoms. The Morgan fingerprint density at radius 2 is 1.70 bits per heavy atom. The van der Waals surface area contributed by atoms with Gasteiger partial charge in [-0.25, -0.2) is 17.5 Å². The maximum Gasteiger partial charge on any atom is 0.241 e. The monoisotopic (exact) mass is 302 g/mol. The minimum Gasteiger partial charge on any atom is -0.399 e. The molecule has 0 spiro atoms. The van der Waals surface area contributed by atoms with Gasteiger partial charge in [-0.2, -0.15) is 0 Å². The first-order valence-electron chi connectivity index (χ1n) is 6.41. The zero-order valence-corrected chi connectivity index (χ0v) is 13.4. The van der Waals surface area contributed by atoms with Gasteiger partial charge in [0, 0.05) is 11.2 Å². The molecule has 0 aromatic heterocycles. The molecule has 0 radical (unpaired) electrons. The molecule has 1 rings (SSSR count). The van der Waals surface area contributed by atoms with Gasteiger partial charge in [-0.15, -0.1) is 0 Å². The van der Waals surface area contributed by atoms with Crippen LogP contribution in [-0.4, -0.2) is 14.0 Å². The Balaban J connectivity index is 3.06. The van der Waals surface area contributed by atoms with Gasteiger partial charge in [-0.05, 0) is 43.9 Å². The van der Waals surface area contributed by atoms with Crippen LogP contribution in [0.4, 0.5) is 10.1 Å². The average molecular weight is 302 g/mol. The number of rotatable bonds is 4. The van der Waals surface area contributed by atoms with Crippen LogP contribution in [0.15, 0.2) is 23.1 Å². The highest BCUT2D eigenvalue weighted by Crippen LogP contribution is 2.28. The van der Waals surface area contributed by atoms with E-state index in [0.29, 0.717) is 6.42 Å². The highest BCUT2D eigenvalue weighted by Gasteiger charge is 2.30. The molecule has 0 heterocycles. The van der Waals surface area contributed by atoms with E-state index in [4.69, 9.17) is 5.73 Å². The molecule has 0 aliphatic heterocycles. The van der Waals surface area contributed by atoms with Gasteiger partial charge in [-0.1, -0.05) is 20.8 Å². The van der Waals surface area contributed by atoms with E-state index < -0.39 is 21.4 Å². The quantitative estimate of drug-likeness (QED) is 0.840. The van der Waals surface area contributed by atoms with Gasteiger partial charge in [0.25, 0.3) is 0 Å². The third-order valence-electron chi connectivity index (χ3n) is 2.59. The normalized spacial score (nSPS) is 13.5. The largest absolute Gasteiger partial charge is 0.399 e. The standard InChI is InChI=1S/C14H23FN2O2S/c1-13(2,3)9-14(4,5)17-20(18,19)12-7-10(15)6-11(16)8-12/h6-8,17H,9,16H2,1-5H3. The fourth-order valence-corrected chi connectivity index (χ4v) is 4.00. The SMILES string of the molecule is CC(C)(C)CC(C)(C)NS(=O)(=O)c1cc(N)cc(F)c1. The van der Waals surface area contributed by atoms with Gasteiger partial charge in [0.05, 0.1) is 4.90 Å². The topological polar surface area (TPSA) is 72.2 Å². The first-order valence-corrected chi connectivity index (χ1v) is 7.89. The van der Waals surface area contributed by atoms with Crippen molar-refractivity contribution in [3.05, 3.63) is 24.0 Å². The van der Waals surface area contributed by atoms with Crippen LogP contribution in [0.2, 0.25) is 0 Å². The number of halogens is 1. The Kier molecular flexibility index (Phi) is 4.51. The smallest absolute Gasteiger partial charge is 0.241 e. The van der Waals surface area contributed by atoms with Gasteiger partial charge in [0.1, 0.15) is 5.82 Å². The molecule has 0 unspecified atom stereocenters. The van der Waals surface area contributed by atoms with E-state index >= 15 is 0 Å². The Labute approximate surface area is 120 Å². The zero-order valence-electron chi connectivity index (χ0n) is 12.6. The van der Waals surface area contributed by atoms with Crippen molar-refractivity contribution < 1.29 is 12.8 Å². The summed E-state index contributed by atoms with van der Waals surface area (Å²) in [6.45, 7) is 9.70. The second-order valence-corrected chi connectivity index (χ2v) is 8.63. The average Bonchev–Trinajstić information content (AvgIpc) is 2.09. The van der Waals surface area contributed by atoms with Crippen molar-refractivity contribution in [1.29, 1.82) is 0 Å². The minimum atomic E-state index is -3.81. The predicted octanol–water partition coefficient (Wildman–Crippen LogP) is 2.90. The lowest BCUT2D eigenvalue weighted by molar-refractivity contribution is 0.269. The Bertz CT molecular complexity index is 569. The second-order valence-electron chi connectivity index (χ2n) is 6.95. The molecule has 0 atom stereocenters. The summed E-state index contributed by atoms with van der Waals surface area (Å²) < 4.78 is 40.5. The van der Waals surface area contributed by atoms with E-state index in [1.807, 2.05) is 20.8 Å². The number of nitrogen functional groups attached to an aromatic ring is 1. The van der Waals surface area contributed by atoms with Crippen LogP contribution < -0.4 is 10.5 Å². The van der Waals surface area contributed by atoms with Crippen molar-refractivity contribution in [2.45, 2.75) is 51.5 Å². The number of nitrogens with one attached hydrogen (secondary N) is 1. The highest BCUT2D eigenvalue weighted by molar-refractivity contribution is 7.89. The van der Waals surface area contributed by atoms with Gasteiger partial charge in [0.15, 0.2) is 0 Å². The van der Waals surface area contributed by atoms with Gasteiger partial charge < -0.3 is 5.73 Å². The lowest BCUT2D eigenvalue weighted by atomic mass is 9.82. The summed E-state index contributed by atoms with van der Waals surface area (Å²) in [6.07, 6.45) is 0.643. The van der Waals surface area contributed by atoms with E-state index in [1.165, 1.54) is 6.07 Å². The summed E-state index contributed by atoms with van der Waals surface area (Å²) in [5.41, 5.74) is 4.90. The molecule has 4 nitrogen and oxygen atoms in total. The fraction of sp³-hybridized carbons (Fsp3) is 0.571. The molecule has 1 aromatic carbocycles. The van der Waals surface area contributed by atoms with Crippen molar-refractivity contribution >= 4 is 15.7 Å². The summed E-state index contributed by atoms with van der Waals surface area (Å²) in [7, 11) is -3.81. The molecule has 0 saturated carbocycles. The van der Waals surface area contributed by atoms with Crippen LogP contribution in [0.5, 0.6) is 0 Å². The molecule has 0 aliphatic rings. The number of anilines is 1. The lowest BCUT2D eigenvalue weighted by Gasteiger charge is -2.33. The number of benzene rings is 1. The number of hydrogen-bond donors (Lipinski definition) is 2. The molecule has 6 heteroatoms. The van der Waals surface area contributed by atoms with E-state index in [-0.39, 0.29) is 16.0 Å². The fourth-order valence-electron chi connectivity index (χ4n) is 2.52. The van der Waals surface area contributed by atoms with Crippen LogP contribution in [0.1, 0.15) is 41.0 Å². The lowest BCUT2D eigenvalue weighted by Crippen LogP contribution is -2.45. The number of hydrogen-bond acceptors (Lipinski definition) is 3. The van der Waals surface area contributed by atoms with Crippen LogP contribution in [-0.2, 0) is 10.0 Å². The molecular formula is C14H23FN2O2S. The van der Waals surface area contributed by atoms with Crippen molar-refractivity contribution in [1.82, 2.24) is 4.72 Å². The van der Waals surface area contributed by atoms with Crippen LogP contribution in [0, 0.1) is 11.2 Å². The van der Waals surface area contributed by atoms with E-state index in [0.717, 1.165) is 12.1 Å². The molecule has 0 amide bonds.